The Morgan fingerprint density at radius 1 is 1.63 bits per heavy atom. The van der Waals surface area contributed by atoms with E-state index in [-0.39, 0.29) is 5.91 Å². The molecule has 5 nitrogen and oxygen atoms in total. The Labute approximate surface area is 121 Å². The molecule has 1 saturated heterocycles. The molecule has 1 aromatic rings. The fourth-order valence-electron chi connectivity index (χ4n) is 2.18. The van der Waals surface area contributed by atoms with Crippen LogP contribution in [0.4, 0.5) is 0 Å². The van der Waals surface area contributed by atoms with Gasteiger partial charge >= 0.3 is 0 Å². The van der Waals surface area contributed by atoms with Crippen molar-refractivity contribution in [1.82, 2.24) is 15.5 Å². The van der Waals surface area contributed by atoms with Gasteiger partial charge in [-0.2, -0.15) is 5.10 Å². The van der Waals surface area contributed by atoms with Gasteiger partial charge in [0.1, 0.15) is 0 Å². The van der Waals surface area contributed by atoms with E-state index in [4.69, 9.17) is 4.74 Å². The summed E-state index contributed by atoms with van der Waals surface area (Å²) >= 11 is 3.43. The number of nitrogens with zero attached hydrogens (tertiary/aromatic N) is 1. The van der Waals surface area contributed by atoms with Crippen LogP contribution in [0.5, 0.6) is 0 Å². The molecule has 1 unspecified atom stereocenters. The fourth-order valence-corrected chi connectivity index (χ4v) is 2.99. The summed E-state index contributed by atoms with van der Waals surface area (Å²) in [4.78, 5) is 12.0. The summed E-state index contributed by atoms with van der Waals surface area (Å²) in [6.07, 6.45) is 3.39. The molecule has 1 aliphatic rings. The van der Waals surface area contributed by atoms with Gasteiger partial charge in [-0.15, -0.1) is 0 Å². The topological polar surface area (TPSA) is 67.0 Å². The van der Waals surface area contributed by atoms with Crippen LogP contribution in [0.1, 0.15) is 55.2 Å². The molecule has 1 atom stereocenters. The molecule has 1 aromatic heterocycles. The Morgan fingerprint density at radius 3 is 3.00 bits per heavy atom. The molecule has 2 rings (SSSR count). The minimum Gasteiger partial charge on any atom is -0.378 e. The maximum atomic E-state index is 12.0. The van der Waals surface area contributed by atoms with Crippen molar-refractivity contribution in [3.8, 4) is 0 Å². The SMILES string of the molecule is CC(C)c1[nH]nc(C(=O)NCCC2CCCO2)c1Br. The number of amides is 1. The molecular formula is C13H20BrN3O2. The van der Waals surface area contributed by atoms with E-state index in [0.717, 1.165) is 36.0 Å². The minimum absolute atomic E-state index is 0.145. The Hall–Kier alpha value is -0.880. The van der Waals surface area contributed by atoms with Gasteiger partial charge in [-0.05, 0) is 41.1 Å². The third-order valence-electron chi connectivity index (χ3n) is 3.30. The van der Waals surface area contributed by atoms with Crippen molar-refractivity contribution in [2.75, 3.05) is 13.2 Å². The van der Waals surface area contributed by atoms with Crippen molar-refractivity contribution in [1.29, 1.82) is 0 Å². The highest BCUT2D eigenvalue weighted by Gasteiger charge is 2.20. The number of aromatic amines is 1. The van der Waals surface area contributed by atoms with Crippen molar-refractivity contribution < 1.29 is 9.53 Å². The van der Waals surface area contributed by atoms with E-state index in [9.17, 15) is 4.79 Å². The highest BCUT2D eigenvalue weighted by Crippen LogP contribution is 2.25. The molecule has 106 valence electrons. The van der Waals surface area contributed by atoms with E-state index in [1.165, 1.54) is 0 Å². The highest BCUT2D eigenvalue weighted by atomic mass is 79.9. The average molecular weight is 330 g/mol. The van der Waals surface area contributed by atoms with E-state index >= 15 is 0 Å². The summed E-state index contributed by atoms with van der Waals surface area (Å²) in [5.41, 5.74) is 1.38. The zero-order valence-corrected chi connectivity index (χ0v) is 12.9. The van der Waals surface area contributed by atoms with Crippen LogP contribution in [0.25, 0.3) is 0 Å². The Kier molecular flexibility index (Phi) is 4.99. The molecule has 0 aliphatic carbocycles. The van der Waals surface area contributed by atoms with Crippen LogP contribution in [0.2, 0.25) is 0 Å². The fraction of sp³-hybridized carbons (Fsp3) is 0.692. The molecule has 0 spiro atoms. The first-order valence-electron chi connectivity index (χ1n) is 6.73. The van der Waals surface area contributed by atoms with Crippen molar-refractivity contribution in [2.24, 2.45) is 0 Å². The standard InChI is InChI=1S/C13H20BrN3O2/c1-8(2)11-10(14)12(17-16-11)13(18)15-6-5-9-4-3-7-19-9/h8-9H,3-7H2,1-2H3,(H,15,18)(H,16,17). The normalized spacial score (nSPS) is 19.1. The molecule has 2 N–H and O–H groups in total. The quantitative estimate of drug-likeness (QED) is 0.872. The van der Waals surface area contributed by atoms with E-state index in [1.54, 1.807) is 0 Å². The number of ether oxygens (including phenoxy) is 1. The summed E-state index contributed by atoms with van der Waals surface area (Å²) in [6.45, 7) is 5.58. The summed E-state index contributed by atoms with van der Waals surface area (Å²) in [5, 5.41) is 9.86. The lowest BCUT2D eigenvalue weighted by molar-refractivity contribution is 0.0902. The number of carbonyl (C=O) groups excluding carboxylic acids is 1. The number of H-pyrrole nitrogens is 1. The lowest BCUT2D eigenvalue weighted by Gasteiger charge is -2.09. The van der Waals surface area contributed by atoms with Gasteiger partial charge < -0.3 is 10.1 Å². The second-order valence-corrected chi connectivity index (χ2v) is 5.93. The summed E-state index contributed by atoms with van der Waals surface area (Å²) in [6, 6.07) is 0. The third-order valence-corrected chi connectivity index (χ3v) is 4.10. The predicted octanol–water partition coefficient (Wildman–Crippen LogP) is 2.59. The minimum atomic E-state index is -0.145. The Morgan fingerprint density at radius 2 is 2.42 bits per heavy atom. The zero-order chi connectivity index (χ0) is 13.8. The molecule has 6 heteroatoms. The lowest BCUT2D eigenvalue weighted by atomic mass is 10.1. The van der Waals surface area contributed by atoms with Gasteiger partial charge in [-0.3, -0.25) is 9.89 Å². The maximum Gasteiger partial charge on any atom is 0.272 e. The second-order valence-electron chi connectivity index (χ2n) is 5.13. The van der Waals surface area contributed by atoms with Crippen molar-refractivity contribution in [3.63, 3.8) is 0 Å². The number of aromatic nitrogens is 2. The number of carbonyl (C=O) groups is 1. The summed E-state index contributed by atoms with van der Waals surface area (Å²) in [7, 11) is 0. The van der Waals surface area contributed by atoms with Crippen LogP contribution in [0.3, 0.4) is 0 Å². The van der Waals surface area contributed by atoms with Crippen LogP contribution in [0, 0.1) is 0 Å². The number of halogens is 1. The average Bonchev–Trinajstić information content (AvgIpc) is 2.98. The summed E-state index contributed by atoms with van der Waals surface area (Å²) < 4.78 is 6.28. The number of rotatable bonds is 5. The van der Waals surface area contributed by atoms with E-state index in [1.807, 2.05) is 0 Å². The first kappa shape index (κ1) is 14.5. The Bertz CT molecular complexity index is 439. The molecular weight excluding hydrogens is 310 g/mol. The molecule has 2 heterocycles. The second kappa shape index (κ2) is 6.52. The van der Waals surface area contributed by atoms with Gasteiger partial charge in [-0.25, -0.2) is 0 Å². The van der Waals surface area contributed by atoms with Gasteiger partial charge in [0.15, 0.2) is 5.69 Å². The van der Waals surface area contributed by atoms with Crippen molar-refractivity contribution in [3.05, 3.63) is 15.9 Å². The van der Waals surface area contributed by atoms with Crippen LogP contribution in [-0.4, -0.2) is 35.4 Å². The van der Waals surface area contributed by atoms with E-state index in [0.29, 0.717) is 24.3 Å². The molecule has 0 aromatic carbocycles. The molecule has 1 amide bonds. The third kappa shape index (κ3) is 3.57. The monoisotopic (exact) mass is 329 g/mol. The molecule has 1 aliphatic heterocycles. The maximum absolute atomic E-state index is 12.0. The molecule has 19 heavy (non-hydrogen) atoms. The predicted molar refractivity (Wildman–Crippen MR) is 76.3 cm³/mol. The van der Waals surface area contributed by atoms with Gasteiger partial charge in [0.05, 0.1) is 16.3 Å². The smallest absolute Gasteiger partial charge is 0.272 e. The van der Waals surface area contributed by atoms with Gasteiger partial charge in [-0.1, -0.05) is 13.8 Å². The molecule has 0 bridgehead atoms. The van der Waals surface area contributed by atoms with Gasteiger partial charge in [0, 0.05) is 13.2 Å². The molecule has 0 radical (unpaired) electrons. The first-order valence-corrected chi connectivity index (χ1v) is 7.52. The Balaban J connectivity index is 1.85. The lowest BCUT2D eigenvalue weighted by Crippen LogP contribution is -2.27. The van der Waals surface area contributed by atoms with Crippen LogP contribution >= 0.6 is 15.9 Å². The largest absolute Gasteiger partial charge is 0.378 e. The molecule has 1 fully saturated rings. The van der Waals surface area contributed by atoms with E-state index < -0.39 is 0 Å². The van der Waals surface area contributed by atoms with Gasteiger partial charge in [0.25, 0.3) is 5.91 Å². The number of hydrogen-bond donors (Lipinski definition) is 2. The van der Waals surface area contributed by atoms with Gasteiger partial charge in [0.2, 0.25) is 0 Å². The molecule has 0 saturated carbocycles. The van der Waals surface area contributed by atoms with E-state index in [2.05, 4.69) is 45.3 Å². The van der Waals surface area contributed by atoms with Crippen molar-refractivity contribution in [2.45, 2.75) is 45.1 Å². The van der Waals surface area contributed by atoms with Crippen LogP contribution in [-0.2, 0) is 4.74 Å². The van der Waals surface area contributed by atoms with Crippen LogP contribution in [0.15, 0.2) is 4.47 Å². The van der Waals surface area contributed by atoms with Crippen LogP contribution < -0.4 is 5.32 Å². The number of hydrogen-bond acceptors (Lipinski definition) is 3. The first-order chi connectivity index (χ1) is 9.09. The number of nitrogens with one attached hydrogen (secondary N) is 2. The summed E-state index contributed by atoms with van der Waals surface area (Å²) in [5.74, 6) is 0.156. The highest BCUT2D eigenvalue weighted by molar-refractivity contribution is 9.10. The zero-order valence-electron chi connectivity index (χ0n) is 11.3. The van der Waals surface area contributed by atoms with Crippen molar-refractivity contribution >= 4 is 21.8 Å².